The van der Waals surface area contributed by atoms with Gasteiger partial charge >= 0.3 is 0 Å². The highest BCUT2D eigenvalue weighted by molar-refractivity contribution is 6.29. The first-order valence-corrected chi connectivity index (χ1v) is 10.6. The van der Waals surface area contributed by atoms with Crippen molar-refractivity contribution in [3.63, 3.8) is 0 Å². The van der Waals surface area contributed by atoms with Gasteiger partial charge in [0.2, 0.25) is 5.43 Å². The summed E-state index contributed by atoms with van der Waals surface area (Å²) < 4.78 is 7.39. The SMILES string of the molecule is Cc1ccc(-c2cn(CC3CCOCC3)cc(C(=O)Nc3ccc(Cl)nn3)c2=O)cc1. The van der Waals surface area contributed by atoms with Crippen LogP contribution in [0.25, 0.3) is 11.1 Å². The van der Waals surface area contributed by atoms with Crippen LogP contribution < -0.4 is 10.7 Å². The fraction of sp³-hybridized carbons (Fsp3) is 0.304. The van der Waals surface area contributed by atoms with Gasteiger partial charge in [0.25, 0.3) is 5.91 Å². The van der Waals surface area contributed by atoms with Crippen LogP contribution in [0.4, 0.5) is 5.82 Å². The smallest absolute Gasteiger partial charge is 0.262 e. The number of carbonyl (C=O) groups is 1. The molecule has 0 unspecified atom stereocenters. The van der Waals surface area contributed by atoms with E-state index in [1.165, 1.54) is 12.1 Å². The minimum absolute atomic E-state index is 0.0573. The highest BCUT2D eigenvalue weighted by Crippen LogP contribution is 2.21. The van der Waals surface area contributed by atoms with Gasteiger partial charge < -0.3 is 14.6 Å². The topological polar surface area (TPSA) is 86.1 Å². The Kier molecular flexibility index (Phi) is 6.44. The number of carbonyl (C=O) groups excluding carboxylic acids is 1. The van der Waals surface area contributed by atoms with Gasteiger partial charge in [-0.25, -0.2) is 0 Å². The number of nitrogens with one attached hydrogen (secondary N) is 1. The first-order chi connectivity index (χ1) is 15.0. The van der Waals surface area contributed by atoms with Crippen molar-refractivity contribution in [1.29, 1.82) is 0 Å². The zero-order valence-corrected chi connectivity index (χ0v) is 17.9. The molecule has 2 aromatic heterocycles. The van der Waals surface area contributed by atoms with Gasteiger partial charge in [-0.2, -0.15) is 0 Å². The largest absolute Gasteiger partial charge is 0.381 e. The number of nitrogens with zero attached hydrogens (tertiary/aromatic N) is 3. The predicted molar refractivity (Wildman–Crippen MR) is 119 cm³/mol. The fourth-order valence-electron chi connectivity index (χ4n) is 3.63. The van der Waals surface area contributed by atoms with Gasteiger partial charge in [0.1, 0.15) is 5.56 Å². The molecule has 31 heavy (non-hydrogen) atoms. The van der Waals surface area contributed by atoms with E-state index in [1.54, 1.807) is 6.20 Å². The summed E-state index contributed by atoms with van der Waals surface area (Å²) in [7, 11) is 0. The second-order valence-corrected chi connectivity index (χ2v) is 8.12. The van der Waals surface area contributed by atoms with Crippen molar-refractivity contribution in [1.82, 2.24) is 14.8 Å². The van der Waals surface area contributed by atoms with E-state index in [9.17, 15) is 9.59 Å². The Hall–Kier alpha value is -3.03. The number of ether oxygens (including phenoxy) is 1. The molecule has 1 saturated heterocycles. The quantitative estimate of drug-likeness (QED) is 0.651. The Labute approximate surface area is 185 Å². The number of aromatic nitrogens is 3. The maximum Gasteiger partial charge on any atom is 0.262 e. The van der Waals surface area contributed by atoms with E-state index >= 15 is 0 Å². The number of hydrogen-bond donors (Lipinski definition) is 1. The van der Waals surface area contributed by atoms with Crippen molar-refractivity contribution in [2.75, 3.05) is 18.5 Å². The Balaban J connectivity index is 1.71. The first-order valence-electron chi connectivity index (χ1n) is 10.2. The van der Waals surface area contributed by atoms with Crippen LogP contribution >= 0.6 is 11.6 Å². The lowest BCUT2D eigenvalue weighted by molar-refractivity contribution is 0.0612. The molecule has 0 saturated carbocycles. The summed E-state index contributed by atoms with van der Waals surface area (Å²) in [4.78, 5) is 26.2. The summed E-state index contributed by atoms with van der Waals surface area (Å²) in [5.74, 6) is 0.127. The molecule has 7 nitrogen and oxygen atoms in total. The van der Waals surface area contributed by atoms with Crippen LogP contribution in [0, 0.1) is 12.8 Å². The molecule has 1 amide bonds. The van der Waals surface area contributed by atoms with Gasteiger partial charge in [0.15, 0.2) is 11.0 Å². The zero-order chi connectivity index (χ0) is 21.8. The Bertz CT molecular complexity index is 1120. The number of anilines is 1. The normalized spacial score (nSPS) is 14.4. The second-order valence-electron chi connectivity index (χ2n) is 7.73. The summed E-state index contributed by atoms with van der Waals surface area (Å²) in [6, 6.07) is 10.8. The molecule has 0 spiro atoms. The summed E-state index contributed by atoms with van der Waals surface area (Å²) >= 11 is 5.75. The van der Waals surface area contributed by atoms with Crippen molar-refractivity contribution in [2.24, 2.45) is 5.92 Å². The molecule has 160 valence electrons. The zero-order valence-electron chi connectivity index (χ0n) is 17.2. The molecule has 1 fully saturated rings. The minimum Gasteiger partial charge on any atom is -0.381 e. The molecular formula is C23H23ClN4O3. The maximum atomic E-state index is 13.2. The fourth-order valence-corrected chi connectivity index (χ4v) is 3.73. The van der Waals surface area contributed by atoms with Crippen LogP contribution in [0.1, 0.15) is 28.8 Å². The standard InChI is InChI=1S/C23H23ClN4O3/c1-15-2-4-17(5-3-15)18-13-28(12-16-8-10-31-11-9-16)14-19(22(18)29)23(30)25-21-7-6-20(24)26-27-21/h2-7,13-14,16H,8-12H2,1H3,(H,25,27,30). The van der Waals surface area contributed by atoms with E-state index in [-0.39, 0.29) is 22.0 Å². The van der Waals surface area contributed by atoms with E-state index in [2.05, 4.69) is 15.5 Å². The third-order valence-electron chi connectivity index (χ3n) is 5.37. The Morgan fingerprint density at radius 2 is 1.87 bits per heavy atom. The molecule has 8 heteroatoms. The van der Waals surface area contributed by atoms with Crippen LogP contribution in [0.15, 0.2) is 53.6 Å². The van der Waals surface area contributed by atoms with Crippen molar-refractivity contribution >= 4 is 23.3 Å². The molecule has 1 aliphatic heterocycles. The number of halogens is 1. The van der Waals surface area contributed by atoms with E-state index in [1.807, 2.05) is 42.0 Å². The van der Waals surface area contributed by atoms with Gasteiger partial charge in [-0.05, 0) is 43.4 Å². The summed E-state index contributed by atoms with van der Waals surface area (Å²) in [5.41, 5.74) is 2.09. The molecule has 3 heterocycles. The van der Waals surface area contributed by atoms with Gasteiger partial charge in [0, 0.05) is 37.7 Å². The number of rotatable bonds is 5. The minimum atomic E-state index is -0.531. The summed E-state index contributed by atoms with van der Waals surface area (Å²) in [5, 5.41) is 10.4. The highest BCUT2D eigenvalue weighted by Gasteiger charge is 2.19. The molecule has 1 N–H and O–H groups in total. The van der Waals surface area contributed by atoms with Crippen molar-refractivity contribution in [3.05, 3.63) is 75.3 Å². The van der Waals surface area contributed by atoms with E-state index in [0.29, 0.717) is 18.0 Å². The van der Waals surface area contributed by atoms with E-state index in [4.69, 9.17) is 16.3 Å². The average Bonchev–Trinajstić information content (AvgIpc) is 2.78. The number of pyridine rings is 1. The Morgan fingerprint density at radius 3 is 2.55 bits per heavy atom. The van der Waals surface area contributed by atoms with Crippen molar-refractivity contribution < 1.29 is 9.53 Å². The van der Waals surface area contributed by atoms with Crippen LogP contribution in [-0.4, -0.2) is 33.9 Å². The molecule has 0 bridgehead atoms. The van der Waals surface area contributed by atoms with Crippen LogP contribution in [0.5, 0.6) is 0 Å². The molecule has 4 rings (SSSR count). The third kappa shape index (κ3) is 5.18. The molecular weight excluding hydrogens is 416 g/mol. The van der Waals surface area contributed by atoms with Crippen molar-refractivity contribution in [2.45, 2.75) is 26.3 Å². The lowest BCUT2D eigenvalue weighted by Gasteiger charge is -2.23. The maximum absolute atomic E-state index is 13.2. The lowest BCUT2D eigenvalue weighted by Crippen LogP contribution is -2.27. The molecule has 0 atom stereocenters. The van der Waals surface area contributed by atoms with Gasteiger partial charge in [-0.15, -0.1) is 10.2 Å². The summed E-state index contributed by atoms with van der Waals surface area (Å²) in [6.45, 7) is 4.17. The molecule has 1 aromatic carbocycles. The molecule has 0 aliphatic carbocycles. The summed E-state index contributed by atoms with van der Waals surface area (Å²) in [6.07, 6.45) is 5.36. The number of aryl methyl sites for hydroxylation is 1. The number of benzene rings is 1. The molecule has 3 aromatic rings. The lowest BCUT2D eigenvalue weighted by atomic mass is 9.99. The van der Waals surface area contributed by atoms with E-state index in [0.717, 1.165) is 37.2 Å². The van der Waals surface area contributed by atoms with Crippen molar-refractivity contribution in [3.8, 4) is 11.1 Å². The van der Waals surface area contributed by atoms with E-state index < -0.39 is 5.91 Å². The predicted octanol–water partition coefficient (Wildman–Crippen LogP) is 3.95. The molecule has 1 aliphatic rings. The Morgan fingerprint density at radius 1 is 1.13 bits per heavy atom. The number of hydrogen-bond acceptors (Lipinski definition) is 5. The third-order valence-corrected chi connectivity index (χ3v) is 5.57. The first kappa shape index (κ1) is 21.2. The van der Waals surface area contributed by atoms with Crippen LogP contribution in [0.2, 0.25) is 5.15 Å². The molecule has 0 radical (unpaired) electrons. The highest BCUT2D eigenvalue weighted by atomic mass is 35.5. The van der Waals surface area contributed by atoms with Gasteiger partial charge in [-0.3, -0.25) is 9.59 Å². The monoisotopic (exact) mass is 438 g/mol. The van der Waals surface area contributed by atoms with Gasteiger partial charge in [-0.1, -0.05) is 41.4 Å². The van der Waals surface area contributed by atoms with Crippen LogP contribution in [-0.2, 0) is 11.3 Å². The van der Waals surface area contributed by atoms with Gasteiger partial charge in [0.05, 0.1) is 0 Å². The van der Waals surface area contributed by atoms with Crippen LogP contribution in [0.3, 0.4) is 0 Å². The number of amides is 1. The second kappa shape index (κ2) is 9.41. The average molecular weight is 439 g/mol.